The normalized spacial score (nSPS) is 11.0. The van der Waals surface area contributed by atoms with Gasteiger partial charge in [-0.05, 0) is 48.9 Å². The summed E-state index contributed by atoms with van der Waals surface area (Å²) in [7, 11) is 0. The molecular weight excluding hydrogens is 393 g/mol. The predicted octanol–water partition coefficient (Wildman–Crippen LogP) is 6.33. The molecule has 0 amide bonds. The maximum Gasteiger partial charge on any atom is 0.196 e. The molecule has 3 aromatic carbocycles. The summed E-state index contributed by atoms with van der Waals surface area (Å²) in [5.74, 6) is 1.11. The van der Waals surface area contributed by atoms with Gasteiger partial charge in [-0.1, -0.05) is 65.3 Å². The number of halogens is 2. The molecule has 0 saturated heterocycles. The van der Waals surface area contributed by atoms with Gasteiger partial charge in [0.2, 0.25) is 0 Å². The van der Waals surface area contributed by atoms with Crippen molar-refractivity contribution < 1.29 is 4.39 Å². The average molecular weight is 410 g/mol. The van der Waals surface area contributed by atoms with Crippen LogP contribution >= 0.6 is 23.4 Å². The minimum Gasteiger partial charge on any atom is -0.270 e. The van der Waals surface area contributed by atoms with Crippen molar-refractivity contribution in [3.8, 4) is 17.1 Å². The van der Waals surface area contributed by atoms with E-state index in [9.17, 15) is 4.39 Å². The number of benzene rings is 3. The Labute approximate surface area is 172 Å². The molecule has 0 aliphatic heterocycles. The maximum atomic E-state index is 13.2. The summed E-state index contributed by atoms with van der Waals surface area (Å²) in [5, 5.41) is 10.2. The van der Waals surface area contributed by atoms with Crippen molar-refractivity contribution in [3.63, 3.8) is 0 Å². The third-order valence-corrected chi connectivity index (χ3v) is 5.65. The smallest absolute Gasteiger partial charge is 0.196 e. The van der Waals surface area contributed by atoms with E-state index in [2.05, 4.69) is 29.3 Å². The molecule has 3 nitrogen and oxygen atoms in total. The zero-order valence-corrected chi connectivity index (χ0v) is 16.7. The fraction of sp³-hybridized carbons (Fsp3) is 0.0909. The molecule has 0 N–H and O–H groups in total. The molecule has 6 heteroatoms. The highest BCUT2D eigenvalue weighted by Gasteiger charge is 2.18. The quantitative estimate of drug-likeness (QED) is 0.361. The fourth-order valence-electron chi connectivity index (χ4n) is 2.84. The number of aromatic nitrogens is 3. The van der Waals surface area contributed by atoms with Crippen LogP contribution in [0.5, 0.6) is 0 Å². The Morgan fingerprint density at radius 2 is 1.64 bits per heavy atom. The van der Waals surface area contributed by atoms with Gasteiger partial charge in [0.05, 0.1) is 5.02 Å². The largest absolute Gasteiger partial charge is 0.270 e. The standard InChI is InChI=1S/C22H17ClFN3S/c1-15-6-12-18(13-7-15)27-21(19-4-2-3-5-20(19)23)25-26-22(27)28-14-16-8-10-17(24)11-9-16/h2-13H,14H2,1H3. The van der Waals surface area contributed by atoms with Gasteiger partial charge in [-0.2, -0.15) is 0 Å². The summed E-state index contributed by atoms with van der Waals surface area (Å²) < 4.78 is 15.2. The van der Waals surface area contributed by atoms with Gasteiger partial charge in [-0.25, -0.2) is 4.39 Å². The highest BCUT2D eigenvalue weighted by molar-refractivity contribution is 7.98. The third-order valence-electron chi connectivity index (χ3n) is 4.32. The third kappa shape index (κ3) is 3.96. The first kappa shape index (κ1) is 18.7. The molecule has 0 saturated carbocycles. The topological polar surface area (TPSA) is 30.7 Å². The molecule has 0 aliphatic carbocycles. The Balaban J connectivity index is 1.74. The Bertz CT molecular complexity index is 1090. The van der Waals surface area contributed by atoms with Crippen LogP contribution < -0.4 is 0 Å². The zero-order valence-electron chi connectivity index (χ0n) is 15.1. The summed E-state index contributed by atoms with van der Waals surface area (Å²) >= 11 is 7.97. The summed E-state index contributed by atoms with van der Waals surface area (Å²) in [6.07, 6.45) is 0. The van der Waals surface area contributed by atoms with Crippen LogP contribution in [0.3, 0.4) is 0 Å². The molecule has 1 heterocycles. The predicted molar refractivity (Wildman–Crippen MR) is 113 cm³/mol. The van der Waals surface area contributed by atoms with Gasteiger partial charge >= 0.3 is 0 Å². The SMILES string of the molecule is Cc1ccc(-n2c(SCc3ccc(F)cc3)nnc2-c2ccccc2Cl)cc1. The van der Waals surface area contributed by atoms with E-state index in [1.165, 1.54) is 17.7 Å². The number of hydrogen-bond acceptors (Lipinski definition) is 3. The summed E-state index contributed by atoms with van der Waals surface area (Å²) in [5.41, 5.74) is 3.98. The zero-order chi connectivity index (χ0) is 19.5. The van der Waals surface area contributed by atoms with E-state index in [0.29, 0.717) is 16.6 Å². The van der Waals surface area contributed by atoms with Gasteiger partial charge < -0.3 is 0 Å². The molecule has 0 aliphatic rings. The number of rotatable bonds is 5. The van der Waals surface area contributed by atoms with E-state index in [0.717, 1.165) is 22.0 Å². The lowest BCUT2D eigenvalue weighted by Crippen LogP contribution is -2.00. The highest BCUT2D eigenvalue weighted by atomic mass is 35.5. The van der Waals surface area contributed by atoms with Gasteiger partial charge in [0.1, 0.15) is 5.82 Å². The molecule has 1 aromatic heterocycles. The van der Waals surface area contributed by atoms with Gasteiger partial charge in [-0.15, -0.1) is 10.2 Å². The van der Waals surface area contributed by atoms with Crippen LogP contribution in [0.1, 0.15) is 11.1 Å². The monoisotopic (exact) mass is 409 g/mol. The Morgan fingerprint density at radius 3 is 2.36 bits per heavy atom. The number of aryl methyl sites for hydroxylation is 1. The first-order chi connectivity index (χ1) is 13.6. The van der Waals surface area contributed by atoms with Gasteiger partial charge in [-0.3, -0.25) is 4.57 Å². The minimum absolute atomic E-state index is 0.238. The second-order valence-corrected chi connectivity index (χ2v) is 7.72. The van der Waals surface area contributed by atoms with Crippen LogP contribution in [0.2, 0.25) is 5.02 Å². The van der Waals surface area contributed by atoms with Crippen molar-refractivity contribution in [1.29, 1.82) is 0 Å². The molecule has 0 radical (unpaired) electrons. The van der Waals surface area contributed by atoms with Crippen LogP contribution in [-0.2, 0) is 5.75 Å². The Hall–Kier alpha value is -2.63. The van der Waals surface area contributed by atoms with Crippen LogP contribution in [0.4, 0.5) is 4.39 Å². The lowest BCUT2D eigenvalue weighted by atomic mass is 10.2. The van der Waals surface area contributed by atoms with Crippen molar-refractivity contribution in [3.05, 3.63) is 94.8 Å². The molecule has 4 aromatic rings. The van der Waals surface area contributed by atoms with E-state index in [4.69, 9.17) is 11.6 Å². The van der Waals surface area contributed by atoms with Crippen molar-refractivity contribution in [2.24, 2.45) is 0 Å². The average Bonchev–Trinajstić information content (AvgIpc) is 3.12. The summed E-state index contributed by atoms with van der Waals surface area (Å²) in [6.45, 7) is 2.05. The first-order valence-electron chi connectivity index (χ1n) is 8.76. The van der Waals surface area contributed by atoms with Crippen molar-refractivity contribution in [1.82, 2.24) is 14.8 Å². The first-order valence-corrected chi connectivity index (χ1v) is 10.1. The lowest BCUT2D eigenvalue weighted by molar-refractivity contribution is 0.627. The highest BCUT2D eigenvalue weighted by Crippen LogP contribution is 2.33. The Morgan fingerprint density at radius 1 is 0.929 bits per heavy atom. The van der Waals surface area contributed by atoms with Crippen LogP contribution in [0.15, 0.2) is 78.0 Å². The maximum absolute atomic E-state index is 13.2. The second-order valence-electron chi connectivity index (χ2n) is 6.37. The van der Waals surface area contributed by atoms with E-state index in [1.54, 1.807) is 23.9 Å². The minimum atomic E-state index is -0.238. The molecule has 28 heavy (non-hydrogen) atoms. The number of hydrogen-bond donors (Lipinski definition) is 0. The van der Waals surface area contributed by atoms with Gasteiger partial charge in [0.15, 0.2) is 11.0 Å². The number of nitrogens with zero attached hydrogens (tertiary/aromatic N) is 3. The van der Waals surface area contributed by atoms with Crippen LogP contribution in [0.25, 0.3) is 17.1 Å². The van der Waals surface area contributed by atoms with Crippen molar-refractivity contribution >= 4 is 23.4 Å². The summed E-state index contributed by atoms with van der Waals surface area (Å²) in [6, 6.07) is 22.3. The van der Waals surface area contributed by atoms with E-state index < -0.39 is 0 Å². The van der Waals surface area contributed by atoms with E-state index >= 15 is 0 Å². The fourth-order valence-corrected chi connectivity index (χ4v) is 3.96. The molecule has 0 atom stereocenters. The molecule has 0 bridgehead atoms. The summed E-state index contributed by atoms with van der Waals surface area (Å²) in [4.78, 5) is 0. The van der Waals surface area contributed by atoms with Crippen LogP contribution in [0, 0.1) is 12.7 Å². The molecule has 140 valence electrons. The van der Waals surface area contributed by atoms with Gasteiger partial charge in [0.25, 0.3) is 0 Å². The van der Waals surface area contributed by atoms with Crippen LogP contribution in [-0.4, -0.2) is 14.8 Å². The molecule has 0 spiro atoms. The molecule has 0 fully saturated rings. The Kier molecular flexibility index (Phi) is 5.46. The van der Waals surface area contributed by atoms with Gasteiger partial charge in [0, 0.05) is 17.0 Å². The van der Waals surface area contributed by atoms with E-state index in [-0.39, 0.29) is 5.82 Å². The lowest BCUT2D eigenvalue weighted by Gasteiger charge is -2.11. The van der Waals surface area contributed by atoms with Crippen molar-refractivity contribution in [2.45, 2.75) is 17.8 Å². The molecule has 0 unspecified atom stereocenters. The number of thioether (sulfide) groups is 1. The molecule has 4 rings (SSSR count). The van der Waals surface area contributed by atoms with E-state index in [1.807, 2.05) is 41.0 Å². The second kappa shape index (κ2) is 8.17. The van der Waals surface area contributed by atoms with Crippen molar-refractivity contribution in [2.75, 3.05) is 0 Å². The molecular formula is C22H17ClFN3S.